The molecule has 0 aliphatic carbocycles. The topological polar surface area (TPSA) is 80.9 Å². The van der Waals surface area contributed by atoms with Gasteiger partial charge in [0.15, 0.2) is 0 Å². The van der Waals surface area contributed by atoms with Gasteiger partial charge < -0.3 is 9.84 Å². The van der Waals surface area contributed by atoms with Crippen LogP contribution in [0.15, 0.2) is 76.4 Å². The molecule has 3 heterocycles. The molecule has 6 nitrogen and oxygen atoms in total. The number of pyridine rings is 1. The summed E-state index contributed by atoms with van der Waals surface area (Å²) in [6.45, 7) is 3.81. The lowest BCUT2D eigenvalue weighted by atomic mass is 10.1. The van der Waals surface area contributed by atoms with Crippen LogP contribution in [0.25, 0.3) is 10.2 Å². The monoisotopic (exact) mass is 486 g/mol. The predicted molar refractivity (Wildman–Crippen MR) is 137 cm³/mol. The Kier molecular flexibility index (Phi) is 6.42. The zero-order chi connectivity index (χ0) is 23.5. The third-order valence-corrected chi connectivity index (χ3v) is 7.52. The van der Waals surface area contributed by atoms with E-state index >= 15 is 0 Å². The number of para-hydroxylation sites is 1. The molecule has 2 aromatic carbocycles. The van der Waals surface area contributed by atoms with Crippen LogP contribution in [-0.4, -0.2) is 21.0 Å². The van der Waals surface area contributed by atoms with Crippen LogP contribution >= 0.6 is 23.1 Å². The fourth-order valence-corrected chi connectivity index (χ4v) is 5.75. The summed E-state index contributed by atoms with van der Waals surface area (Å²) in [7, 11) is 0. The number of carbonyl (C=O) groups excluding carboxylic acids is 1. The summed E-state index contributed by atoms with van der Waals surface area (Å²) >= 11 is 3.21. The molecule has 0 radical (unpaired) electrons. The zero-order valence-electron chi connectivity index (χ0n) is 18.7. The second kappa shape index (κ2) is 9.79. The van der Waals surface area contributed by atoms with E-state index in [-0.39, 0.29) is 5.91 Å². The van der Waals surface area contributed by atoms with E-state index < -0.39 is 0 Å². The van der Waals surface area contributed by atoms with Gasteiger partial charge >= 0.3 is 0 Å². The molecule has 0 spiro atoms. The molecule has 5 rings (SSSR count). The van der Waals surface area contributed by atoms with Gasteiger partial charge in [-0.05, 0) is 55.8 Å². The number of amides is 1. The quantitative estimate of drug-likeness (QED) is 0.267. The van der Waals surface area contributed by atoms with Crippen molar-refractivity contribution in [1.29, 1.82) is 0 Å². The molecule has 34 heavy (non-hydrogen) atoms. The van der Waals surface area contributed by atoms with Gasteiger partial charge in [-0.15, -0.1) is 23.1 Å². The summed E-state index contributed by atoms with van der Waals surface area (Å²) in [5, 5.41) is 8.74. The summed E-state index contributed by atoms with van der Waals surface area (Å²) in [5.74, 6) is 1.24. The molecule has 0 atom stereocenters. The van der Waals surface area contributed by atoms with Crippen LogP contribution in [0, 0.1) is 13.8 Å². The lowest BCUT2D eigenvalue weighted by molar-refractivity contribution is 0.102. The summed E-state index contributed by atoms with van der Waals surface area (Å²) in [6, 6.07) is 19.6. The van der Waals surface area contributed by atoms with Gasteiger partial charge in [0.2, 0.25) is 0 Å². The Morgan fingerprint density at radius 3 is 2.65 bits per heavy atom. The van der Waals surface area contributed by atoms with E-state index in [1.165, 1.54) is 16.5 Å². The van der Waals surface area contributed by atoms with Crippen LogP contribution in [0.1, 0.15) is 37.9 Å². The minimum absolute atomic E-state index is 0.187. The van der Waals surface area contributed by atoms with Gasteiger partial charge in [-0.2, -0.15) is 0 Å². The normalized spacial score (nSPS) is 11.1. The number of nitrogens with zero attached hydrogens (tertiary/aromatic N) is 3. The average molecular weight is 487 g/mol. The van der Waals surface area contributed by atoms with Crippen molar-refractivity contribution >= 4 is 44.9 Å². The van der Waals surface area contributed by atoms with Crippen molar-refractivity contribution in [2.75, 3.05) is 5.32 Å². The minimum atomic E-state index is -0.187. The number of thiazole rings is 1. The van der Waals surface area contributed by atoms with Crippen molar-refractivity contribution in [3.63, 3.8) is 0 Å². The lowest BCUT2D eigenvalue weighted by Crippen LogP contribution is -2.13. The van der Waals surface area contributed by atoms with Gasteiger partial charge in [0.25, 0.3) is 5.91 Å². The number of aromatic nitrogens is 3. The number of anilines is 1. The number of hydrogen-bond acceptors (Lipinski definition) is 7. The lowest BCUT2D eigenvalue weighted by Gasteiger charge is -2.10. The Morgan fingerprint density at radius 2 is 1.88 bits per heavy atom. The van der Waals surface area contributed by atoms with Gasteiger partial charge in [-0.3, -0.25) is 4.79 Å². The Morgan fingerprint density at radius 1 is 1.06 bits per heavy atom. The van der Waals surface area contributed by atoms with Crippen molar-refractivity contribution < 1.29 is 9.32 Å². The van der Waals surface area contributed by atoms with E-state index in [0.29, 0.717) is 16.3 Å². The zero-order valence-corrected chi connectivity index (χ0v) is 20.4. The van der Waals surface area contributed by atoms with Crippen LogP contribution in [0.3, 0.4) is 0 Å². The number of thioether (sulfide) groups is 1. The van der Waals surface area contributed by atoms with Crippen LogP contribution in [0.2, 0.25) is 0 Å². The van der Waals surface area contributed by atoms with E-state index in [0.717, 1.165) is 45.2 Å². The molecule has 0 unspecified atom stereocenters. The molecule has 0 fully saturated rings. The number of aryl methyl sites for hydroxylation is 2. The maximum atomic E-state index is 13.0. The van der Waals surface area contributed by atoms with Crippen LogP contribution < -0.4 is 5.32 Å². The van der Waals surface area contributed by atoms with E-state index in [1.807, 2.05) is 56.3 Å². The minimum Gasteiger partial charge on any atom is -0.361 e. The Balaban J connectivity index is 1.25. The first-order valence-electron chi connectivity index (χ1n) is 10.8. The average Bonchev–Trinajstić information content (AvgIpc) is 3.40. The molecule has 3 aromatic heterocycles. The molecule has 0 saturated heterocycles. The number of carbonyl (C=O) groups is 1. The molecule has 170 valence electrons. The molecule has 0 bridgehead atoms. The first-order chi connectivity index (χ1) is 16.6. The van der Waals surface area contributed by atoms with Crippen molar-refractivity contribution in [2.45, 2.75) is 31.0 Å². The summed E-state index contributed by atoms with van der Waals surface area (Å²) < 4.78 is 6.43. The van der Waals surface area contributed by atoms with E-state index in [9.17, 15) is 4.79 Å². The van der Waals surface area contributed by atoms with Crippen molar-refractivity contribution in [3.05, 3.63) is 100 Å². The van der Waals surface area contributed by atoms with Gasteiger partial charge in [-0.25, -0.2) is 9.97 Å². The number of hydrogen-bond donors (Lipinski definition) is 1. The van der Waals surface area contributed by atoms with E-state index in [2.05, 4.69) is 21.5 Å². The fourth-order valence-electron chi connectivity index (χ4n) is 3.60. The van der Waals surface area contributed by atoms with Gasteiger partial charge in [-0.1, -0.05) is 29.4 Å². The Hall–Kier alpha value is -3.49. The molecule has 1 N–H and O–H groups in total. The van der Waals surface area contributed by atoms with Crippen LogP contribution in [0.4, 0.5) is 5.69 Å². The van der Waals surface area contributed by atoms with Crippen molar-refractivity contribution in [2.24, 2.45) is 0 Å². The summed E-state index contributed by atoms with van der Waals surface area (Å²) in [4.78, 5) is 22.1. The van der Waals surface area contributed by atoms with Gasteiger partial charge in [0.1, 0.15) is 10.8 Å². The molecule has 5 aromatic rings. The predicted octanol–water partition coefficient (Wildman–Crippen LogP) is 6.43. The Bertz CT molecular complexity index is 1400. The molecule has 0 saturated carbocycles. The first kappa shape index (κ1) is 22.3. The maximum absolute atomic E-state index is 13.0. The largest absolute Gasteiger partial charge is 0.361 e. The third kappa shape index (κ3) is 4.88. The molecule has 0 aliphatic rings. The second-order valence-electron chi connectivity index (χ2n) is 7.85. The highest BCUT2D eigenvalue weighted by Crippen LogP contribution is 2.28. The Labute approximate surface area is 205 Å². The summed E-state index contributed by atoms with van der Waals surface area (Å²) in [6.07, 6.45) is 2.46. The smallest absolute Gasteiger partial charge is 0.258 e. The van der Waals surface area contributed by atoms with Crippen molar-refractivity contribution in [3.8, 4) is 0 Å². The molecular weight excluding hydrogens is 464 g/mol. The van der Waals surface area contributed by atoms with Gasteiger partial charge in [0, 0.05) is 29.6 Å². The number of nitrogens with one attached hydrogen (secondary N) is 1. The van der Waals surface area contributed by atoms with E-state index in [4.69, 9.17) is 9.51 Å². The highest BCUT2D eigenvalue weighted by atomic mass is 32.2. The second-order valence-corrected chi connectivity index (χ2v) is 9.93. The first-order valence-corrected chi connectivity index (χ1v) is 12.6. The SMILES string of the molecule is Cc1noc(C)c1CSc1ncccc1C(=O)Nc1ccc(Cc2nc3ccccc3s2)cc1. The van der Waals surface area contributed by atoms with Crippen molar-refractivity contribution in [1.82, 2.24) is 15.1 Å². The van der Waals surface area contributed by atoms with Crippen LogP contribution in [-0.2, 0) is 12.2 Å². The van der Waals surface area contributed by atoms with E-state index in [1.54, 1.807) is 29.7 Å². The van der Waals surface area contributed by atoms with Crippen LogP contribution in [0.5, 0.6) is 0 Å². The molecule has 0 aliphatic heterocycles. The van der Waals surface area contributed by atoms with Gasteiger partial charge in [0.05, 0.1) is 26.5 Å². The molecule has 8 heteroatoms. The molecular formula is C26H22N4O2S2. The third-order valence-electron chi connectivity index (χ3n) is 5.46. The highest BCUT2D eigenvalue weighted by molar-refractivity contribution is 7.98. The fraction of sp³-hybridized carbons (Fsp3) is 0.154. The number of rotatable bonds is 7. The highest BCUT2D eigenvalue weighted by Gasteiger charge is 2.16. The molecule has 1 amide bonds. The number of benzene rings is 2. The summed E-state index contributed by atoms with van der Waals surface area (Å²) in [5.41, 5.74) is 5.35. The maximum Gasteiger partial charge on any atom is 0.258 e. The number of fused-ring (bicyclic) bond motifs is 1. The standard InChI is InChI=1S/C26H22N4O2S2/c1-16-21(17(2)32-30-16)15-33-26-20(6-5-13-27-26)25(31)28-19-11-9-18(10-12-19)14-24-29-22-7-3-4-8-23(22)34-24/h3-13H,14-15H2,1-2H3,(H,28,31).